The number of hydrogen-bond acceptors (Lipinski definition) is 8. The number of nitrogens with two attached hydrogens (primary N) is 1. The van der Waals surface area contributed by atoms with E-state index < -0.39 is 26.5 Å². The molecular weight excluding hydrogens is 846 g/mol. The zero-order chi connectivity index (χ0) is 48.1. The molecule has 0 bridgehead atoms. The molecule has 10 heteroatoms. The third-order valence-corrected chi connectivity index (χ3v) is 14.2. The number of carbonyl (C=O) groups is 2. The van der Waals surface area contributed by atoms with Crippen LogP contribution in [0.4, 0.5) is 0 Å². The van der Waals surface area contributed by atoms with Crippen molar-refractivity contribution in [2.75, 3.05) is 26.4 Å². The van der Waals surface area contributed by atoms with Crippen LogP contribution >= 0.6 is 7.82 Å². The Morgan fingerprint density at radius 2 is 0.652 bits per heavy atom. The maximum atomic E-state index is 12.7. The number of carbonyl (C=O) groups excluding carboxylic acids is 2. The summed E-state index contributed by atoms with van der Waals surface area (Å²) >= 11 is 0. The first-order chi connectivity index (χ1) is 32.3. The number of phosphoric ester groups is 1. The summed E-state index contributed by atoms with van der Waals surface area (Å²) in [7, 11) is -4.38. The molecule has 0 amide bonds. The van der Waals surface area contributed by atoms with Gasteiger partial charge in [0.25, 0.3) is 0 Å². The highest BCUT2D eigenvalue weighted by atomic mass is 31.2. The zero-order valence-electron chi connectivity index (χ0n) is 44.0. The Morgan fingerprint density at radius 1 is 0.394 bits per heavy atom. The summed E-state index contributed by atoms with van der Waals surface area (Å²) in [6.07, 6.45) is 58.7. The average molecular weight is 958 g/mol. The summed E-state index contributed by atoms with van der Waals surface area (Å²) in [6.45, 7) is 3.82. The van der Waals surface area contributed by atoms with E-state index in [1.807, 2.05) is 0 Å². The summed E-state index contributed by atoms with van der Waals surface area (Å²) in [5, 5.41) is 0. The van der Waals surface area contributed by atoms with Crippen LogP contribution in [0.5, 0.6) is 0 Å². The van der Waals surface area contributed by atoms with Crippen LogP contribution in [0.1, 0.15) is 316 Å². The number of rotatable bonds is 56. The van der Waals surface area contributed by atoms with Crippen molar-refractivity contribution in [1.82, 2.24) is 0 Å². The molecule has 66 heavy (non-hydrogen) atoms. The smallest absolute Gasteiger partial charge is 0.462 e. The van der Waals surface area contributed by atoms with Crippen molar-refractivity contribution in [3.8, 4) is 0 Å². The predicted octanol–water partition coefficient (Wildman–Crippen LogP) is 17.9. The van der Waals surface area contributed by atoms with E-state index in [0.717, 1.165) is 32.1 Å². The Hall–Kier alpha value is -0.990. The molecule has 0 aliphatic heterocycles. The molecule has 2 atom stereocenters. The van der Waals surface area contributed by atoms with Gasteiger partial charge in [-0.15, -0.1) is 0 Å². The van der Waals surface area contributed by atoms with Crippen LogP contribution in [0, 0.1) is 0 Å². The lowest BCUT2D eigenvalue weighted by Crippen LogP contribution is -2.29. The molecule has 0 aromatic carbocycles. The molecule has 394 valence electrons. The quantitative estimate of drug-likeness (QED) is 0.0347. The van der Waals surface area contributed by atoms with Gasteiger partial charge in [0.2, 0.25) is 0 Å². The van der Waals surface area contributed by atoms with E-state index in [9.17, 15) is 19.0 Å². The molecule has 9 nitrogen and oxygen atoms in total. The standard InChI is InChI=1S/C56H112NO8P/c1-3-5-7-9-11-13-15-17-19-21-23-25-26-27-28-29-31-33-35-37-39-41-43-45-47-49-56(59)65-54(53-64-66(60,61)63-51-50-57)52-62-55(58)48-46-44-42-40-38-36-34-32-30-24-22-20-18-16-14-12-10-8-6-4-2/h54H,3-53,57H2,1-2H3,(H,60,61). The lowest BCUT2D eigenvalue weighted by atomic mass is 10.0. The maximum Gasteiger partial charge on any atom is 0.472 e. The van der Waals surface area contributed by atoms with E-state index in [2.05, 4.69) is 13.8 Å². The minimum atomic E-state index is -4.38. The number of phosphoric acid groups is 1. The SMILES string of the molecule is CCCCCCCCCCCCCCCCCCCCCCCCCCCC(=O)OC(COC(=O)CCCCCCCCCCCCCCCCCCCCCC)COP(=O)(O)OCCN. The fourth-order valence-corrected chi connectivity index (χ4v) is 9.70. The van der Waals surface area contributed by atoms with Crippen LogP contribution in [-0.2, 0) is 32.7 Å². The minimum absolute atomic E-state index is 0.0586. The molecule has 3 N–H and O–H groups in total. The number of hydrogen-bond donors (Lipinski definition) is 2. The molecule has 0 aromatic heterocycles. The minimum Gasteiger partial charge on any atom is -0.462 e. The van der Waals surface area contributed by atoms with Gasteiger partial charge in [-0.1, -0.05) is 290 Å². The van der Waals surface area contributed by atoms with Crippen LogP contribution in [0.25, 0.3) is 0 Å². The van der Waals surface area contributed by atoms with Gasteiger partial charge >= 0.3 is 19.8 Å². The molecule has 2 unspecified atom stereocenters. The third-order valence-electron chi connectivity index (χ3n) is 13.2. The second-order valence-corrected chi connectivity index (χ2v) is 21.3. The summed E-state index contributed by atoms with van der Waals surface area (Å²) in [6, 6.07) is 0. The van der Waals surface area contributed by atoms with Gasteiger partial charge < -0.3 is 20.1 Å². The Bertz CT molecular complexity index is 1050. The van der Waals surface area contributed by atoms with Gasteiger partial charge in [-0.05, 0) is 12.8 Å². The van der Waals surface area contributed by atoms with Crippen LogP contribution in [0.3, 0.4) is 0 Å². The van der Waals surface area contributed by atoms with E-state index in [0.29, 0.717) is 6.42 Å². The largest absolute Gasteiger partial charge is 0.472 e. The Balaban J connectivity index is 3.90. The van der Waals surface area contributed by atoms with E-state index >= 15 is 0 Å². The highest BCUT2D eigenvalue weighted by Gasteiger charge is 2.26. The average Bonchev–Trinajstić information content (AvgIpc) is 3.31. The topological polar surface area (TPSA) is 134 Å². The summed E-state index contributed by atoms with van der Waals surface area (Å²) < 4.78 is 33.0. The summed E-state index contributed by atoms with van der Waals surface area (Å²) in [5.74, 6) is -0.802. The second-order valence-electron chi connectivity index (χ2n) is 19.9. The second kappa shape index (κ2) is 53.4. The fourth-order valence-electron chi connectivity index (χ4n) is 8.93. The molecule has 0 aliphatic rings. The van der Waals surface area contributed by atoms with E-state index in [1.165, 1.54) is 250 Å². The van der Waals surface area contributed by atoms with Crippen LogP contribution in [-0.4, -0.2) is 49.3 Å². The maximum absolute atomic E-state index is 12.7. The molecule has 0 spiro atoms. The lowest BCUT2D eigenvalue weighted by Gasteiger charge is -2.19. The zero-order valence-corrected chi connectivity index (χ0v) is 44.9. The number of unbranched alkanes of at least 4 members (excludes halogenated alkanes) is 43. The lowest BCUT2D eigenvalue weighted by molar-refractivity contribution is -0.161. The van der Waals surface area contributed by atoms with Crippen molar-refractivity contribution in [3.05, 3.63) is 0 Å². The first kappa shape index (κ1) is 65.0. The molecule has 0 rings (SSSR count). The molecular formula is C56H112NO8P. The van der Waals surface area contributed by atoms with E-state index in [-0.39, 0.29) is 38.6 Å². The molecule has 0 aromatic rings. The van der Waals surface area contributed by atoms with Gasteiger partial charge in [0.1, 0.15) is 6.61 Å². The van der Waals surface area contributed by atoms with Gasteiger partial charge in [-0.3, -0.25) is 18.6 Å². The van der Waals surface area contributed by atoms with Crippen molar-refractivity contribution in [2.24, 2.45) is 5.73 Å². The molecule has 0 radical (unpaired) electrons. The first-order valence-corrected chi connectivity index (χ1v) is 30.5. The summed E-state index contributed by atoms with van der Waals surface area (Å²) in [4.78, 5) is 35.2. The summed E-state index contributed by atoms with van der Waals surface area (Å²) in [5.41, 5.74) is 5.38. The van der Waals surface area contributed by atoms with Gasteiger partial charge in [-0.25, -0.2) is 4.57 Å². The van der Waals surface area contributed by atoms with Gasteiger partial charge in [0, 0.05) is 19.4 Å². The molecule has 0 saturated heterocycles. The normalized spacial score (nSPS) is 13.0. The molecule has 0 saturated carbocycles. The van der Waals surface area contributed by atoms with Crippen molar-refractivity contribution in [3.63, 3.8) is 0 Å². The highest BCUT2D eigenvalue weighted by molar-refractivity contribution is 7.47. The van der Waals surface area contributed by atoms with Crippen LogP contribution in [0.2, 0.25) is 0 Å². The Kier molecular flexibility index (Phi) is 52.6. The van der Waals surface area contributed by atoms with Gasteiger partial charge in [0.05, 0.1) is 13.2 Å². The van der Waals surface area contributed by atoms with Crippen molar-refractivity contribution >= 4 is 19.8 Å². The van der Waals surface area contributed by atoms with Crippen molar-refractivity contribution in [1.29, 1.82) is 0 Å². The van der Waals surface area contributed by atoms with Crippen molar-refractivity contribution in [2.45, 2.75) is 322 Å². The van der Waals surface area contributed by atoms with Crippen LogP contribution in [0.15, 0.2) is 0 Å². The number of ether oxygens (including phenoxy) is 2. The fraction of sp³-hybridized carbons (Fsp3) is 0.964. The molecule has 0 aliphatic carbocycles. The van der Waals surface area contributed by atoms with Gasteiger partial charge in [0.15, 0.2) is 6.10 Å². The van der Waals surface area contributed by atoms with Crippen molar-refractivity contribution < 1.29 is 37.6 Å². The highest BCUT2D eigenvalue weighted by Crippen LogP contribution is 2.43. The van der Waals surface area contributed by atoms with Gasteiger partial charge in [-0.2, -0.15) is 0 Å². The van der Waals surface area contributed by atoms with Crippen LogP contribution < -0.4 is 5.73 Å². The third kappa shape index (κ3) is 52.4. The van der Waals surface area contributed by atoms with E-state index in [4.69, 9.17) is 24.3 Å². The monoisotopic (exact) mass is 958 g/mol. The Labute approximate surface area is 409 Å². The number of esters is 2. The van der Waals surface area contributed by atoms with E-state index in [1.54, 1.807) is 0 Å². The first-order valence-electron chi connectivity index (χ1n) is 29.0. The molecule has 0 heterocycles. The molecule has 0 fully saturated rings. The Morgan fingerprint density at radius 3 is 0.924 bits per heavy atom. The predicted molar refractivity (Wildman–Crippen MR) is 280 cm³/mol.